The molecule has 1 fully saturated rings. The molecule has 3 aromatic rings. The minimum absolute atomic E-state index is 0.0299. The van der Waals surface area contributed by atoms with Crippen LogP contribution in [0.15, 0.2) is 18.2 Å². The molecule has 0 spiro atoms. The molecule has 0 radical (unpaired) electrons. The Morgan fingerprint density at radius 2 is 1.54 bits per heavy atom. The summed E-state index contributed by atoms with van der Waals surface area (Å²) in [4.78, 5) is 33.2. The number of amides is 1. The molecule has 6 N–H and O–H groups in total. The highest BCUT2D eigenvalue weighted by atomic mass is 32.2. The van der Waals surface area contributed by atoms with Crippen LogP contribution in [-0.4, -0.2) is 107 Å². The average molecular weight is 760 g/mol. The van der Waals surface area contributed by atoms with Gasteiger partial charge in [-0.1, -0.05) is 20.8 Å². The normalized spacial score (nSPS) is 24.1. The number of nitrogens with one attached hydrogen (secondary N) is 2. The van der Waals surface area contributed by atoms with Crippen LogP contribution < -0.4 is 0 Å². The molecule has 1 amide bonds. The molecule has 3 aliphatic heterocycles. The summed E-state index contributed by atoms with van der Waals surface area (Å²) in [6.07, 6.45) is 0.637. The molecule has 0 aliphatic carbocycles. The number of carbonyl (C=O) groups excluding carboxylic acids is 1. The van der Waals surface area contributed by atoms with Crippen LogP contribution in [0.1, 0.15) is 109 Å². The van der Waals surface area contributed by atoms with E-state index in [0.29, 0.717) is 31.6 Å². The lowest BCUT2D eigenvalue weighted by molar-refractivity contribution is -0.205. The SMILES string of the molecule is CCc1c(C)c2cc3[nH]c(cc4nc(c(C)c5nc(cc1[nH]2)C(C)=C5)[C@@H](CCC(=O)N(C)CCCS[C@@H]1O[C@H](CO)[C@@H](O)[C@H](O)[C@H]1O)[C@@H]4C)c(C)c3CC. The molecule has 0 unspecified atom stereocenters. The van der Waals surface area contributed by atoms with E-state index in [4.69, 9.17) is 14.7 Å². The van der Waals surface area contributed by atoms with E-state index in [1.165, 1.54) is 34.0 Å². The fraction of sp³-hybridized carbons (Fsp3) is 0.548. The van der Waals surface area contributed by atoms with Crippen LogP contribution in [-0.2, 0) is 22.4 Å². The van der Waals surface area contributed by atoms with E-state index in [1.807, 2.05) is 7.05 Å². The third kappa shape index (κ3) is 7.79. The Morgan fingerprint density at radius 1 is 0.889 bits per heavy atom. The lowest BCUT2D eigenvalue weighted by Gasteiger charge is -2.39. The van der Waals surface area contributed by atoms with Crippen molar-refractivity contribution in [3.05, 3.63) is 68.8 Å². The number of hydrogen-bond acceptors (Lipinski definition) is 9. The average Bonchev–Trinajstić information content (AvgIpc) is 3.86. The summed E-state index contributed by atoms with van der Waals surface area (Å²) in [6, 6.07) is 6.61. The second-order valence-corrected chi connectivity index (χ2v) is 16.4. The smallest absolute Gasteiger partial charge is 0.222 e. The Labute approximate surface area is 322 Å². The van der Waals surface area contributed by atoms with E-state index in [0.717, 1.165) is 68.8 Å². The molecule has 0 aromatic carbocycles. The quantitative estimate of drug-likeness (QED) is 0.129. The van der Waals surface area contributed by atoms with Gasteiger partial charge in [-0.15, -0.1) is 11.8 Å². The van der Waals surface area contributed by atoms with Gasteiger partial charge < -0.3 is 40.0 Å². The van der Waals surface area contributed by atoms with Crippen molar-refractivity contribution in [2.24, 2.45) is 0 Å². The monoisotopic (exact) mass is 759 g/mol. The van der Waals surface area contributed by atoms with Gasteiger partial charge in [0.1, 0.15) is 29.9 Å². The van der Waals surface area contributed by atoms with Gasteiger partial charge in [-0.3, -0.25) is 9.78 Å². The molecule has 3 aromatic heterocycles. The maximum Gasteiger partial charge on any atom is 0.222 e. The number of aromatic nitrogens is 4. The number of aliphatic hydroxyl groups excluding tert-OH is 4. The van der Waals surface area contributed by atoms with Crippen molar-refractivity contribution in [3.63, 3.8) is 0 Å². The molecule has 0 saturated carbocycles. The van der Waals surface area contributed by atoms with Crippen LogP contribution in [0.3, 0.4) is 0 Å². The first-order valence-corrected chi connectivity index (χ1v) is 20.4. The summed E-state index contributed by atoms with van der Waals surface area (Å²) in [5.74, 6) is 0.724. The van der Waals surface area contributed by atoms with Gasteiger partial charge in [0.15, 0.2) is 0 Å². The number of thioether (sulfide) groups is 1. The zero-order valence-corrected chi connectivity index (χ0v) is 33.7. The molecule has 11 nitrogen and oxygen atoms in total. The van der Waals surface area contributed by atoms with Gasteiger partial charge in [0.25, 0.3) is 0 Å². The van der Waals surface area contributed by atoms with Crippen molar-refractivity contribution in [2.45, 2.75) is 122 Å². The van der Waals surface area contributed by atoms with Gasteiger partial charge in [0.2, 0.25) is 5.91 Å². The van der Waals surface area contributed by atoms with Crippen molar-refractivity contribution in [2.75, 3.05) is 26.0 Å². The van der Waals surface area contributed by atoms with Crippen molar-refractivity contribution >= 4 is 51.4 Å². The highest BCUT2D eigenvalue weighted by molar-refractivity contribution is 7.99. The minimum atomic E-state index is -1.40. The largest absolute Gasteiger partial charge is 0.394 e. The number of ether oxygens (including phenoxy) is 1. The van der Waals surface area contributed by atoms with Gasteiger partial charge >= 0.3 is 0 Å². The highest BCUT2D eigenvalue weighted by Crippen LogP contribution is 2.42. The molecular weight excluding hydrogens is 703 g/mol. The number of allylic oxidation sites excluding steroid dienone is 1. The minimum Gasteiger partial charge on any atom is -0.394 e. The van der Waals surface area contributed by atoms with Crippen molar-refractivity contribution < 1.29 is 30.0 Å². The molecule has 1 saturated heterocycles. The summed E-state index contributed by atoms with van der Waals surface area (Å²) >= 11 is 1.30. The third-order valence-corrected chi connectivity index (χ3v) is 13.0. The van der Waals surface area contributed by atoms with Crippen LogP contribution >= 0.6 is 11.8 Å². The molecule has 12 heteroatoms. The second-order valence-electron chi connectivity index (χ2n) is 15.2. The summed E-state index contributed by atoms with van der Waals surface area (Å²) in [6.45, 7) is 15.2. The number of H-pyrrole nitrogens is 2. The van der Waals surface area contributed by atoms with Crippen molar-refractivity contribution in [3.8, 4) is 0 Å². The number of nitrogens with zero attached hydrogens (tertiary/aromatic N) is 3. The second kappa shape index (κ2) is 16.7. The van der Waals surface area contributed by atoms with Gasteiger partial charge in [0.05, 0.1) is 18.0 Å². The molecule has 6 heterocycles. The number of aliphatic hydroxyl groups is 4. The first-order valence-electron chi connectivity index (χ1n) is 19.3. The number of aromatic amines is 2. The Kier molecular flexibility index (Phi) is 12.4. The fourth-order valence-electron chi connectivity index (χ4n) is 8.21. The maximum absolute atomic E-state index is 13.5. The molecule has 6 rings (SSSR count). The Hall–Kier alpha value is -3.52. The first-order chi connectivity index (χ1) is 25.8. The molecular formula is C42H57N5O6S. The van der Waals surface area contributed by atoms with Gasteiger partial charge in [0, 0.05) is 65.3 Å². The predicted octanol–water partition coefficient (Wildman–Crippen LogP) is 5.97. The Morgan fingerprint density at radius 3 is 2.19 bits per heavy atom. The molecule has 292 valence electrons. The lowest BCUT2D eigenvalue weighted by Crippen LogP contribution is -2.57. The predicted molar refractivity (Wildman–Crippen MR) is 216 cm³/mol. The van der Waals surface area contributed by atoms with Crippen LogP contribution in [0.5, 0.6) is 0 Å². The molecule has 3 aliphatic rings. The standard InChI is InChI=1S/C42H57N5O6S/c1-9-26-23(5)32-19-35-27(10-2)22(4)31(44-35)18-33-24(6)28(38(46-33)25(7)30-16-21(3)29(43-30)17-34(26)45-32)12-13-37(49)47(8)14-11-15-54-42-41(52)40(51)39(50)36(20-48)53-42/h16-19,24,28,36,39-42,44-45,48,50-52H,9-15,20H2,1-8H3/t24-,28-,36+,39+,40-,41+,42-/m0/s1. The van der Waals surface area contributed by atoms with Gasteiger partial charge in [-0.25, -0.2) is 4.98 Å². The zero-order valence-electron chi connectivity index (χ0n) is 32.9. The Bertz CT molecular complexity index is 2070. The number of aryl methyl sites for hydroxylation is 4. The van der Waals surface area contributed by atoms with E-state index in [-0.39, 0.29) is 17.7 Å². The topological polar surface area (TPSA) is 168 Å². The van der Waals surface area contributed by atoms with E-state index < -0.39 is 36.5 Å². The van der Waals surface area contributed by atoms with E-state index >= 15 is 0 Å². The van der Waals surface area contributed by atoms with Crippen LogP contribution in [0.4, 0.5) is 0 Å². The van der Waals surface area contributed by atoms with Crippen LogP contribution in [0, 0.1) is 20.8 Å². The molecule has 54 heavy (non-hydrogen) atoms. The summed E-state index contributed by atoms with van der Waals surface area (Å²) in [7, 11) is 1.81. The number of rotatable bonds is 11. The molecule has 7 atom stereocenters. The van der Waals surface area contributed by atoms with Gasteiger partial charge in [-0.2, -0.15) is 0 Å². The number of fused-ring (bicyclic) bond motifs is 8. The summed E-state index contributed by atoms with van der Waals surface area (Å²) < 4.78 is 5.61. The Balaban J connectivity index is 1.27. The van der Waals surface area contributed by atoms with Gasteiger partial charge in [-0.05, 0) is 117 Å². The van der Waals surface area contributed by atoms with E-state index in [2.05, 4.69) is 82.7 Å². The molecule has 8 bridgehead atoms. The third-order valence-electron chi connectivity index (χ3n) is 11.8. The van der Waals surface area contributed by atoms with E-state index in [9.17, 15) is 25.2 Å². The number of hydrogen-bond donors (Lipinski definition) is 6. The summed E-state index contributed by atoms with van der Waals surface area (Å²) in [5, 5.41) is 40.0. The highest BCUT2D eigenvalue weighted by Gasteiger charge is 2.43. The van der Waals surface area contributed by atoms with E-state index in [1.54, 1.807) is 4.90 Å². The fourth-order valence-corrected chi connectivity index (χ4v) is 9.32. The van der Waals surface area contributed by atoms with Crippen molar-refractivity contribution in [1.29, 1.82) is 0 Å². The van der Waals surface area contributed by atoms with Crippen molar-refractivity contribution in [1.82, 2.24) is 24.8 Å². The maximum atomic E-state index is 13.5. The lowest BCUT2D eigenvalue weighted by atomic mass is 9.85. The first kappa shape index (κ1) is 40.2. The van der Waals surface area contributed by atoms with Crippen LogP contribution in [0.25, 0.3) is 33.7 Å². The van der Waals surface area contributed by atoms with Crippen LogP contribution in [0.2, 0.25) is 0 Å². The zero-order chi connectivity index (χ0) is 39.0. The summed E-state index contributed by atoms with van der Waals surface area (Å²) in [5.41, 5.74) is 14.6. The number of carbonyl (C=O) groups is 1.